The molecule has 0 aromatic carbocycles. The summed E-state index contributed by atoms with van der Waals surface area (Å²) in [6.45, 7) is 7.31. The van der Waals surface area contributed by atoms with Crippen LogP contribution in [0.2, 0.25) is 0 Å². The molecule has 5 heteroatoms. The number of rotatable bonds is 8. The summed E-state index contributed by atoms with van der Waals surface area (Å²) in [6, 6.07) is 2.34. The topological polar surface area (TPSA) is 59.3 Å². The van der Waals surface area contributed by atoms with Crippen LogP contribution in [0.15, 0.2) is 10.6 Å². The number of aryl methyl sites for hydroxylation is 1. The van der Waals surface area contributed by atoms with Gasteiger partial charge in [0, 0.05) is 38.9 Å². The van der Waals surface area contributed by atoms with Gasteiger partial charge in [0.1, 0.15) is 5.76 Å². The summed E-state index contributed by atoms with van der Waals surface area (Å²) >= 11 is 0. The van der Waals surface area contributed by atoms with Gasteiger partial charge >= 0.3 is 0 Å². The Bertz CT molecular complexity index is 289. The summed E-state index contributed by atoms with van der Waals surface area (Å²) in [5.74, 6) is 0.850. The van der Waals surface area contributed by atoms with Crippen molar-refractivity contribution in [3.8, 4) is 0 Å². The molecule has 0 saturated heterocycles. The molecule has 0 radical (unpaired) electrons. The Morgan fingerprint density at radius 3 is 3.00 bits per heavy atom. The number of nitrogens with zero attached hydrogens (tertiary/aromatic N) is 1. The van der Waals surface area contributed by atoms with E-state index in [4.69, 9.17) is 9.26 Å². The first-order valence-electron chi connectivity index (χ1n) is 5.57. The second-order valence-corrected chi connectivity index (χ2v) is 3.91. The molecule has 0 spiro atoms. The van der Waals surface area contributed by atoms with Crippen molar-refractivity contribution in [2.45, 2.75) is 26.4 Å². The minimum atomic E-state index is 0.397. The van der Waals surface area contributed by atoms with Crippen molar-refractivity contribution in [3.05, 3.63) is 17.5 Å². The highest BCUT2D eigenvalue weighted by Gasteiger charge is 2.03. The van der Waals surface area contributed by atoms with Crippen LogP contribution in [0.4, 0.5) is 0 Å². The molecule has 0 amide bonds. The van der Waals surface area contributed by atoms with Crippen LogP contribution >= 0.6 is 0 Å². The normalized spacial score (nSPS) is 12.9. The lowest BCUT2D eigenvalue weighted by Crippen LogP contribution is -2.37. The van der Waals surface area contributed by atoms with E-state index < -0.39 is 0 Å². The average molecular weight is 227 g/mol. The van der Waals surface area contributed by atoms with Crippen LogP contribution in [-0.4, -0.2) is 38.0 Å². The highest BCUT2D eigenvalue weighted by atomic mass is 16.5. The van der Waals surface area contributed by atoms with E-state index in [0.717, 1.165) is 37.7 Å². The minimum absolute atomic E-state index is 0.397. The highest BCUT2D eigenvalue weighted by molar-refractivity contribution is 5.03. The average Bonchev–Trinajstić information content (AvgIpc) is 2.68. The molecule has 1 aromatic heterocycles. The third kappa shape index (κ3) is 5.25. The first kappa shape index (κ1) is 13.2. The molecule has 1 atom stereocenters. The lowest BCUT2D eigenvalue weighted by atomic mass is 10.3. The van der Waals surface area contributed by atoms with Gasteiger partial charge < -0.3 is 19.9 Å². The molecule has 0 saturated carbocycles. The van der Waals surface area contributed by atoms with E-state index in [9.17, 15) is 0 Å². The zero-order valence-corrected chi connectivity index (χ0v) is 10.2. The lowest BCUT2D eigenvalue weighted by molar-refractivity contribution is 0.198. The molecule has 0 aliphatic rings. The molecule has 1 rings (SSSR count). The molecular formula is C11H21N3O2. The molecule has 1 heterocycles. The zero-order chi connectivity index (χ0) is 11.8. The zero-order valence-electron chi connectivity index (χ0n) is 10.2. The van der Waals surface area contributed by atoms with Crippen molar-refractivity contribution < 1.29 is 9.26 Å². The molecular weight excluding hydrogens is 206 g/mol. The van der Waals surface area contributed by atoms with Crippen LogP contribution in [-0.2, 0) is 11.3 Å². The maximum Gasteiger partial charge on any atom is 0.133 e. The second kappa shape index (κ2) is 7.38. The Labute approximate surface area is 96.5 Å². The molecule has 0 aliphatic heterocycles. The summed E-state index contributed by atoms with van der Waals surface area (Å²) < 4.78 is 9.94. The smallest absolute Gasteiger partial charge is 0.133 e. The SMILES string of the molecule is COCCNCC(C)NCc1cc(C)on1. The van der Waals surface area contributed by atoms with Crippen LogP contribution < -0.4 is 10.6 Å². The van der Waals surface area contributed by atoms with Crippen molar-refractivity contribution in [3.63, 3.8) is 0 Å². The second-order valence-electron chi connectivity index (χ2n) is 3.91. The molecule has 0 aliphatic carbocycles. The first-order chi connectivity index (χ1) is 7.72. The maximum atomic E-state index is 4.99. The van der Waals surface area contributed by atoms with E-state index in [2.05, 4.69) is 22.7 Å². The van der Waals surface area contributed by atoms with E-state index in [1.54, 1.807) is 7.11 Å². The van der Waals surface area contributed by atoms with E-state index in [0.29, 0.717) is 6.04 Å². The van der Waals surface area contributed by atoms with Crippen molar-refractivity contribution in [2.24, 2.45) is 0 Å². The molecule has 1 aromatic rings. The van der Waals surface area contributed by atoms with E-state index in [1.807, 2.05) is 13.0 Å². The summed E-state index contributed by atoms with van der Waals surface area (Å²) in [6.07, 6.45) is 0. The fraction of sp³-hybridized carbons (Fsp3) is 0.727. The number of aromatic nitrogens is 1. The fourth-order valence-electron chi connectivity index (χ4n) is 1.35. The van der Waals surface area contributed by atoms with E-state index in [1.165, 1.54) is 0 Å². The molecule has 0 fully saturated rings. The third-order valence-corrected chi connectivity index (χ3v) is 2.24. The third-order valence-electron chi connectivity index (χ3n) is 2.24. The van der Waals surface area contributed by atoms with Gasteiger partial charge in [-0.1, -0.05) is 5.16 Å². The van der Waals surface area contributed by atoms with Crippen LogP contribution in [0, 0.1) is 6.92 Å². The summed E-state index contributed by atoms with van der Waals surface area (Å²) in [5, 5.41) is 10.6. The van der Waals surface area contributed by atoms with Gasteiger partial charge in [0.25, 0.3) is 0 Å². The molecule has 92 valence electrons. The van der Waals surface area contributed by atoms with Crippen LogP contribution in [0.25, 0.3) is 0 Å². The van der Waals surface area contributed by atoms with Gasteiger partial charge in [-0.3, -0.25) is 0 Å². The quantitative estimate of drug-likeness (QED) is 0.640. The Morgan fingerprint density at radius 2 is 2.38 bits per heavy atom. The minimum Gasteiger partial charge on any atom is -0.383 e. The van der Waals surface area contributed by atoms with Crippen molar-refractivity contribution >= 4 is 0 Å². The van der Waals surface area contributed by atoms with Crippen LogP contribution in [0.1, 0.15) is 18.4 Å². The first-order valence-corrected chi connectivity index (χ1v) is 5.57. The van der Waals surface area contributed by atoms with Gasteiger partial charge in [0.05, 0.1) is 12.3 Å². The van der Waals surface area contributed by atoms with Crippen molar-refractivity contribution in [2.75, 3.05) is 26.8 Å². The summed E-state index contributed by atoms with van der Waals surface area (Å²) in [7, 11) is 1.70. The summed E-state index contributed by atoms with van der Waals surface area (Å²) in [5.41, 5.74) is 0.946. The molecule has 5 nitrogen and oxygen atoms in total. The Morgan fingerprint density at radius 1 is 1.56 bits per heavy atom. The number of methoxy groups -OCH3 is 1. The van der Waals surface area contributed by atoms with Gasteiger partial charge in [-0.15, -0.1) is 0 Å². The van der Waals surface area contributed by atoms with Gasteiger partial charge in [0.15, 0.2) is 0 Å². The van der Waals surface area contributed by atoms with Gasteiger partial charge in [-0.25, -0.2) is 0 Å². The predicted molar refractivity (Wildman–Crippen MR) is 62.3 cm³/mol. The highest BCUT2D eigenvalue weighted by Crippen LogP contribution is 2.00. The van der Waals surface area contributed by atoms with E-state index in [-0.39, 0.29) is 0 Å². The van der Waals surface area contributed by atoms with Gasteiger partial charge in [-0.05, 0) is 13.8 Å². The van der Waals surface area contributed by atoms with Crippen LogP contribution in [0.5, 0.6) is 0 Å². The number of hydrogen-bond acceptors (Lipinski definition) is 5. The Balaban J connectivity index is 2.08. The maximum absolute atomic E-state index is 4.99. The van der Waals surface area contributed by atoms with E-state index >= 15 is 0 Å². The Hall–Kier alpha value is -0.910. The number of ether oxygens (including phenoxy) is 1. The van der Waals surface area contributed by atoms with Gasteiger partial charge in [0.2, 0.25) is 0 Å². The number of nitrogens with one attached hydrogen (secondary N) is 2. The standard InChI is InChI=1S/C11H21N3O2/c1-9(7-12-4-5-15-3)13-8-11-6-10(2)16-14-11/h6,9,12-13H,4-5,7-8H2,1-3H3. The fourth-order valence-corrected chi connectivity index (χ4v) is 1.35. The molecule has 2 N–H and O–H groups in total. The molecule has 0 bridgehead atoms. The van der Waals surface area contributed by atoms with Gasteiger partial charge in [-0.2, -0.15) is 0 Å². The predicted octanol–water partition coefficient (Wildman–Crippen LogP) is 0.697. The van der Waals surface area contributed by atoms with Crippen molar-refractivity contribution in [1.82, 2.24) is 15.8 Å². The molecule has 1 unspecified atom stereocenters. The number of hydrogen-bond donors (Lipinski definition) is 2. The van der Waals surface area contributed by atoms with Crippen molar-refractivity contribution in [1.29, 1.82) is 0 Å². The summed E-state index contributed by atoms with van der Waals surface area (Å²) in [4.78, 5) is 0. The largest absolute Gasteiger partial charge is 0.383 e. The van der Waals surface area contributed by atoms with Crippen LogP contribution in [0.3, 0.4) is 0 Å². The Kier molecular flexibility index (Phi) is 6.07. The lowest BCUT2D eigenvalue weighted by Gasteiger charge is -2.13. The molecule has 16 heavy (non-hydrogen) atoms. The monoisotopic (exact) mass is 227 g/mol.